The first-order chi connectivity index (χ1) is 8.03. The highest BCUT2D eigenvalue weighted by Crippen LogP contribution is 2.21. The molecular weight excluding hydrogens is 231 g/mol. The van der Waals surface area contributed by atoms with Gasteiger partial charge in [-0.1, -0.05) is 18.2 Å². The molecule has 2 nitrogen and oxygen atoms in total. The van der Waals surface area contributed by atoms with E-state index in [0.717, 1.165) is 11.3 Å². The van der Waals surface area contributed by atoms with Gasteiger partial charge in [-0.3, -0.25) is 0 Å². The van der Waals surface area contributed by atoms with Gasteiger partial charge in [-0.05, 0) is 19.0 Å². The van der Waals surface area contributed by atoms with Crippen LogP contribution in [-0.2, 0) is 6.54 Å². The van der Waals surface area contributed by atoms with Gasteiger partial charge >= 0.3 is 6.18 Å². The molecule has 0 unspecified atom stereocenters. The third kappa shape index (κ3) is 5.58. The molecular formula is C12H16F3NO. The number of alkyl halides is 3. The fourth-order valence-corrected chi connectivity index (χ4v) is 1.49. The highest BCUT2D eigenvalue weighted by atomic mass is 19.4. The zero-order valence-electron chi connectivity index (χ0n) is 9.68. The third-order valence-corrected chi connectivity index (χ3v) is 2.32. The van der Waals surface area contributed by atoms with Crippen LogP contribution >= 0.6 is 0 Å². The number of ether oxygens (including phenoxy) is 1. The third-order valence-electron chi connectivity index (χ3n) is 2.32. The molecule has 0 saturated heterocycles. The molecule has 0 aliphatic heterocycles. The van der Waals surface area contributed by atoms with E-state index in [-0.39, 0.29) is 6.42 Å². The average Bonchev–Trinajstić information content (AvgIpc) is 2.27. The van der Waals surface area contributed by atoms with Gasteiger partial charge in [0.2, 0.25) is 0 Å². The summed E-state index contributed by atoms with van der Waals surface area (Å²) >= 11 is 0. The number of methoxy groups -OCH3 is 1. The van der Waals surface area contributed by atoms with E-state index in [9.17, 15) is 13.2 Å². The summed E-state index contributed by atoms with van der Waals surface area (Å²) in [7, 11) is 1.57. The summed E-state index contributed by atoms with van der Waals surface area (Å²) in [5.41, 5.74) is 0.946. The lowest BCUT2D eigenvalue weighted by Gasteiger charge is -2.10. The Morgan fingerprint density at radius 1 is 1.24 bits per heavy atom. The summed E-state index contributed by atoms with van der Waals surface area (Å²) in [5.74, 6) is 0.746. The first-order valence-corrected chi connectivity index (χ1v) is 5.42. The van der Waals surface area contributed by atoms with Crippen molar-refractivity contribution in [1.82, 2.24) is 5.32 Å². The molecule has 17 heavy (non-hydrogen) atoms. The lowest BCUT2D eigenvalue weighted by atomic mass is 10.2. The van der Waals surface area contributed by atoms with Crippen molar-refractivity contribution in [3.8, 4) is 5.75 Å². The minimum absolute atomic E-state index is 0.0959. The summed E-state index contributed by atoms with van der Waals surface area (Å²) in [6.07, 6.45) is -4.71. The van der Waals surface area contributed by atoms with E-state index >= 15 is 0 Å². The second-order valence-corrected chi connectivity index (χ2v) is 3.71. The Morgan fingerprint density at radius 2 is 1.94 bits per heavy atom. The molecule has 5 heteroatoms. The van der Waals surface area contributed by atoms with Crippen molar-refractivity contribution in [2.24, 2.45) is 0 Å². The molecule has 1 N–H and O–H groups in total. The van der Waals surface area contributed by atoms with Crippen molar-refractivity contribution in [3.05, 3.63) is 29.8 Å². The summed E-state index contributed by atoms with van der Waals surface area (Å²) < 4.78 is 40.8. The molecule has 0 spiro atoms. The van der Waals surface area contributed by atoms with Gasteiger partial charge in [0.15, 0.2) is 0 Å². The summed E-state index contributed by atoms with van der Waals surface area (Å²) in [6, 6.07) is 7.43. The van der Waals surface area contributed by atoms with Crippen LogP contribution in [0.1, 0.15) is 18.4 Å². The molecule has 0 aliphatic carbocycles. The number of rotatable bonds is 6. The van der Waals surface area contributed by atoms with Gasteiger partial charge in [0.05, 0.1) is 7.11 Å². The highest BCUT2D eigenvalue weighted by molar-refractivity contribution is 5.32. The monoisotopic (exact) mass is 247 g/mol. The van der Waals surface area contributed by atoms with Gasteiger partial charge in [0.1, 0.15) is 5.75 Å². The lowest BCUT2D eigenvalue weighted by Crippen LogP contribution is -2.18. The van der Waals surface area contributed by atoms with Crippen LogP contribution in [0, 0.1) is 0 Å². The van der Waals surface area contributed by atoms with E-state index in [2.05, 4.69) is 5.32 Å². The van der Waals surface area contributed by atoms with Crippen molar-refractivity contribution >= 4 is 0 Å². The maximum Gasteiger partial charge on any atom is 0.389 e. The van der Waals surface area contributed by atoms with E-state index in [1.165, 1.54) is 0 Å². The highest BCUT2D eigenvalue weighted by Gasteiger charge is 2.25. The van der Waals surface area contributed by atoms with Crippen molar-refractivity contribution < 1.29 is 17.9 Å². The van der Waals surface area contributed by atoms with Gasteiger partial charge < -0.3 is 10.1 Å². The first kappa shape index (κ1) is 13.8. The van der Waals surface area contributed by atoms with Crippen molar-refractivity contribution in [2.75, 3.05) is 13.7 Å². The molecule has 0 heterocycles. The normalized spacial score (nSPS) is 11.5. The van der Waals surface area contributed by atoms with Crippen LogP contribution in [0.15, 0.2) is 24.3 Å². The first-order valence-electron chi connectivity index (χ1n) is 5.42. The van der Waals surface area contributed by atoms with Crippen LogP contribution in [0.3, 0.4) is 0 Å². The zero-order chi connectivity index (χ0) is 12.7. The molecule has 0 amide bonds. The Labute approximate surface area is 98.8 Å². The molecule has 0 aliphatic rings. The van der Waals surface area contributed by atoms with Crippen LogP contribution in [0.5, 0.6) is 5.75 Å². The number of nitrogens with one attached hydrogen (secondary N) is 1. The van der Waals surface area contributed by atoms with Gasteiger partial charge in [-0.2, -0.15) is 13.2 Å². The zero-order valence-corrected chi connectivity index (χ0v) is 9.68. The fraction of sp³-hybridized carbons (Fsp3) is 0.500. The second-order valence-electron chi connectivity index (χ2n) is 3.71. The van der Waals surface area contributed by atoms with Gasteiger partial charge in [0, 0.05) is 18.5 Å². The SMILES string of the molecule is COc1ccccc1CNCCCC(F)(F)F. The molecule has 0 bridgehead atoms. The maximum absolute atomic E-state index is 11.9. The summed E-state index contributed by atoms with van der Waals surface area (Å²) in [6.45, 7) is 0.861. The fourth-order valence-electron chi connectivity index (χ4n) is 1.49. The minimum atomic E-state index is -4.06. The van der Waals surface area contributed by atoms with Gasteiger partial charge in [-0.25, -0.2) is 0 Å². The van der Waals surface area contributed by atoms with Crippen molar-refractivity contribution in [2.45, 2.75) is 25.6 Å². The Kier molecular flexibility index (Phi) is 5.28. The number of para-hydroxylation sites is 1. The smallest absolute Gasteiger partial charge is 0.389 e. The molecule has 0 aromatic heterocycles. The molecule has 0 atom stereocenters. The number of hydrogen-bond donors (Lipinski definition) is 1. The van der Waals surface area contributed by atoms with Crippen LogP contribution in [0.4, 0.5) is 13.2 Å². The van der Waals surface area contributed by atoms with Crippen molar-refractivity contribution in [1.29, 1.82) is 0 Å². The Balaban J connectivity index is 2.27. The standard InChI is InChI=1S/C12H16F3NO/c1-17-11-6-3-2-5-10(11)9-16-8-4-7-12(13,14)15/h2-3,5-6,16H,4,7-9H2,1H3. The maximum atomic E-state index is 11.9. The van der Waals surface area contributed by atoms with Crippen LogP contribution < -0.4 is 10.1 Å². The summed E-state index contributed by atoms with van der Waals surface area (Å²) in [5, 5.41) is 2.97. The minimum Gasteiger partial charge on any atom is -0.496 e. The van der Waals surface area contributed by atoms with Crippen LogP contribution in [0.25, 0.3) is 0 Å². The average molecular weight is 247 g/mol. The second kappa shape index (κ2) is 6.49. The molecule has 1 aromatic carbocycles. The van der Waals surface area contributed by atoms with E-state index in [4.69, 9.17) is 4.74 Å². The lowest BCUT2D eigenvalue weighted by molar-refractivity contribution is -0.135. The number of hydrogen-bond acceptors (Lipinski definition) is 2. The number of benzene rings is 1. The van der Waals surface area contributed by atoms with E-state index < -0.39 is 12.6 Å². The molecule has 0 fully saturated rings. The molecule has 1 rings (SSSR count). The Hall–Kier alpha value is -1.23. The molecule has 0 saturated carbocycles. The van der Waals surface area contributed by atoms with E-state index in [1.807, 2.05) is 24.3 Å². The van der Waals surface area contributed by atoms with Crippen LogP contribution in [0.2, 0.25) is 0 Å². The van der Waals surface area contributed by atoms with Gasteiger partial charge in [0.25, 0.3) is 0 Å². The molecule has 96 valence electrons. The van der Waals surface area contributed by atoms with E-state index in [0.29, 0.717) is 13.1 Å². The molecule has 1 aromatic rings. The van der Waals surface area contributed by atoms with Gasteiger partial charge in [-0.15, -0.1) is 0 Å². The van der Waals surface area contributed by atoms with Crippen molar-refractivity contribution in [3.63, 3.8) is 0 Å². The predicted molar refractivity (Wildman–Crippen MR) is 60.0 cm³/mol. The predicted octanol–water partition coefficient (Wildman–Crippen LogP) is 3.13. The van der Waals surface area contributed by atoms with E-state index in [1.54, 1.807) is 7.11 Å². The largest absolute Gasteiger partial charge is 0.496 e. The summed E-state index contributed by atoms with van der Waals surface area (Å²) in [4.78, 5) is 0. The Bertz CT molecular complexity index is 339. The topological polar surface area (TPSA) is 21.3 Å². The van der Waals surface area contributed by atoms with Crippen LogP contribution in [-0.4, -0.2) is 19.8 Å². The quantitative estimate of drug-likeness (QED) is 0.780. The number of halogens is 3. The Morgan fingerprint density at radius 3 is 2.59 bits per heavy atom. The molecule has 0 radical (unpaired) electrons.